The number of anilines is 1. The zero-order chi connectivity index (χ0) is 12.1. The molecule has 0 aromatic heterocycles. The maximum atomic E-state index is 13.0. The van der Waals surface area contributed by atoms with Gasteiger partial charge in [0.15, 0.2) is 0 Å². The molecule has 88 valence electrons. The Morgan fingerprint density at radius 2 is 2.25 bits per heavy atom. The van der Waals surface area contributed by atoms with E-state index in [-0.39, 0.29) is 24.2 Å². The van der Waals surface area contributed by atoms with Gasteiger partial charge in [0.05, 0.1) is 0 Å². The van der Waals surface area contributed by atoms with Gasteiger partial charge in [-0.1, -0.05) is 13.0 Å². The van der Waals surface area contributed by atoms with Gasteiger partial charge in [0.2, 0.25) is 5.91 Å². The van der Waals surface area contributed by atoms with E-state index in [1.54, 1.807) is 19.2 Å². The van der Waals surface area contributed by atoms with Crippen molar-refractivity contribution in [2.45, 2.75) is 25.8 Å². The third-order valence-corrected chi connectivity index (χ3v) is 2.53. The molecule has 2 N–H and O–H groups in total. The molecule has 0 aliphatic heterocycles. The fraction of sp³-hybridized carbons (Fsp3) is 0.417. The van der Waals surface area contributed by atoms with E-state index in [1.165, 1.54) is 17.0 Å². The monoisotopic (exact) mass is 224 g/mol. The normalized spacial score (nSPS) is 12.2. The van der Waals surface area contributed by atoms with Crippen LogP contribution in [0, 0.1) is 5.82 Å². The molecule has 0 spiro atoms. The van der Waals surface area contributed by atoms with Crippen LogP contribution in [0.4, 0.5) is 10.1 Å². The lowest BCUT2D eigenvalue weighted by atomic mass is 10.1. The topological polar surface area (TPSA) is 46.3 Å². The van der Waals surface area contributed by atoms with E-state index in [1.807, 2.05) is 6.92 Å². The van der Waals surface area contributed by atoms with Crippen LogP contribution >= 0.6 is 0 Å². The summed E-state index contributed by atoms with van der Waals surface area (Å²) >= 11 is 0. The van der Waals surface area contributed by atoms with Crippen LogP contribution in [0.15, 0.2) is 24.3 Å². The summed E-state index contributed by atoms with van der Waals surface area (Å²) in [6.07, 6.45) is 1.03. The van der Waals surface area contributed by atoms with Crippen molar-refractivity contribution < 1.29 is 9.18 Å². The quantitative estimate of drug-likeness (QED) is 0.849. The molecule has 0 heterocycles. The highest BCUT2D eigenvalue weighted by Crippen LogP contribution is 2.15. The van der Waals surface area contributed by atoms with Crippen LogP contribution in [-0.4, -0.2) is 19.0 Å². The Labute approximate surface area is 95.0 Å². The van der Waals surface area contributed by atoms with E-state index in [9.17, 15) is 9.18 Å². The SMILES string of the molecule is CCC(N)CC(=O)N(C)c1cccc(F)c1. The van der Waals surface area contributed by atoms with Gasteiger partial charge in [0.25, 0.3) is 0 Å². The van der Waals surface area contributed by atoms with E-state index < -0.39 is 0 Å². The zero-order valence-electron chi connectivity index (χ0n) is 9.61. The number of amides is 1. The highest BCUT2D eigenvalue weighted by Gasteiger charge is 2.14. The first-order valence-electron chi connectivity index (χ1n) is 5.32. The van der Waals surface area contributed by atoms with E-state index in [0.29, 0.717) is 5.69 Å². The number of carbonyl (C=O) groups excluding carboxylic acids is 1. The Bertz CT molecular complexity index is 368. The van der Waals surface area contributed by atoms with Crippen LogP contribution < -0.4 is 10.6 Å². The second kappa shape index (κ2) is 5.61. The van der Waals surface area contributed by atoms with Crippen molar-refractivity contribution in [1.82, 2.24) is 0 Å². The average molecular weight is 224 g/mol. The van der Waals surface area contributed by atoms with Crippen LogP contribution in [0.25, 0.3) is 0 Å². The summed E-state index contributed by atoms with van der Waals surface area (Å²) in [6.45, 7) is 1.93. The summed E-state index contributed by atoms with van der Waals surface area (Å²) in [4.78, 5) is 13.2. The predicted octanol–water partition coefficient (Wildman–Crippen LogP) is 1.92. The Hall–Kier alpha value is -1.42. The number of nitrogens with zero attached hydrogens (tertiary/aromatic N) is 1. The number of nitrogens with two attached hydrogens (primary N) is 1. The van der Waals surface area contributed by atoms with Crippen LogP contribution in [-0.2, 0) is 4.79 Å². The lowest BCUT2D eigenvalue weighted by Crippen LogP contribution is -2.32. The summed E-state index contributed by atoms with van der Waals surface area (Å²) in [5, 5.41) is 0. The minimum Gasteiger partial charge on any atom is -0.327 e. The molecule has 16 heavy (non-hydrogen) atoms. The lowest BCUT2D eigenvalue weighted by Gasteiger charge is -2.19. The third kappa shape index (κ3) is 3.31. The van der Waals surface area contributed by atoms with Crippen LogP contribution in [0.5, 0.6) is 0 Å². The van der Waals surface area contributed by atoms with Gasteiger partial charge in [0, 0.05) is 25.2 Å². The Morgan fingerprint density at radius 3 is 2.81 bits per heavy atom. The number of rotatable bonds is 4. The second-order valence-electron chi connectivity index (χ2n) is 3.81. The van der Waals surface area contributed by atoms with Crippen molar-refractivity contribution in [2.75, 3.05) is 11.9 Å². The Morgan fingerprint density at radius 1 is 1.56 bits per heavy atom. The molecule has 1 aromatic carbocycles. The first-order chi connectivity index (χ1) is 7.54. The van der Waals surface area contributed by atoms with Gasteiger partial charge < -0.3 is 10.6 Å². The highest BCUT2D eigenvalue weighted by molar-refractivity contribution is 5.93. The molecular weight excluding hydrogens is 207 g/mol. The van der Waals surface area contributed by atoms with Gasteiger partial charge in [-0.3, -0.25) is 4.79 Å². The molecule has 1 amide bonds. The minimum absolute atomic E-state index is 0.0973. The van der Waals surface area contributed by atoms with E-state index in [2.05, 4.69) is 0 Å². The molecule has 1 atom stereocenters. The van der Waals surface area contributed by atoms with Gasteiger partial charge in [0.1, 0.15) is 5.82 Å². The number of halogens is 1. The first-order valence-corrected chi connectivity index (χ1v) is 5.32. The van der Waals surface area contributed by atoms with Crippen LogP contribution in [0.2, 0.25) is 0 Å². The van der Waals surface area contributed by atoms with E-state index >= 15 is 0 Å². The predicted molar refractivity (Wildman–Crippen MR) is 62.7 cm³/mol. The fourth-order valence-corrected chi connectivity index (χ4v) is 1.33. The van der Waals surface area contributed by atoms with Crippen molar-refractivity contribution >= 4 is 11.6 Å². The summed E-state index contributed by atoms with van der Waals surface area (Å²) in [6, 6.07) is 5.81. The molecule has 0 fully saturated rings. The molecule has 0 aliphatic rings. The van der Waals surface area contributed by atoms with Gasteiger partial charge in [-0.25, -0.2) is 4.39 Å². The smallest absolute Gasteiger partial charge is 0.228 e. The van der Waals surface area contributed by atoms with Crippen molar-refractivity contribution in [1.29, 1.82) is 0 Å². The van der Waals surface area contributed by atoms with Crippen molar-refractivity contribution in [3.05, 3.63) is 30.1 Å². The third-order valence-electron chi connectivity index (χ3n) is 2.53. The number of benzene rings is 1. The summed E-state index contributed by atoms with van der Waals surface area (Å²) in [5.74, 6) is -0.447. The maximum absolute atomic E-state index is 13.0. The lowest BCUT2D eigenvalue weighted by molar-refractivity contribution is -0.118. The molecule has 1 unspecified atom stereocenters. The van der Waals surface area contributed by atoms with Gasteiger partial charge in [-0.15, -0.1) is 0 Å². The molecule has 1 aromatic rings. The molecule has 0 saturated heterocycles. The minimum atomic E-state index is -0.350. The molecule has 0 bridgehead atoms. The largest absolute Gasteiger partial charge is 0.327 e. The van der Waals surface area contributed by atoms with Gasteiger partial charge in [-0.05, 0) is 24.6 Å². The van der Waals surface area contributed by atoms with Crippen molar-refractivity contribution in [2.24, 2.45) is 5.73 Å². The Kier molecular flexibility index (Phi) is 4.43. The molecule has 0 aliphatic carbocycles. The summed E-state index contributed by atoms with van der Waals surface area (Å²) < 4.78 is 13.0. The summed E-state index contributed by atoms with van der Waals surface area (Å²) in [7, 11) is 1.62. The van der Waals surface area contributed by atoms with Gasteiger partial charge in [-0.2, -0.15) is 0 Å². The Balaban J connectivity index is 2.70. The average Bonchev–Trinajstić information content (AvgIpc) is 2.27. The molecule has 3 nitrogen and oxygen atoms in total. The first kappa shape index (κ1) is 12.6. The molecular formula is C12H17FN2O. The zero-order valence-corrected chi connectivity index (χ0v) is 9.61. The molecule has 1 rings (SSSR count). The maximum Gasteiger partial charge on any atom is 0.228 e. The number of carbonyl (C=O) groups is 1. The number of hydrogen-bond acceptors (Lipinski definition) is 2. The highest BCUT2D eigenvalue weighted by atomic mass is 19.1. The second-order valence-corrected chi connectivity index (χ2v) is 3.81. The van der Waals surface area contributed by atoms with Gasteiger partial charge >= 0.3 is 0 Å². The molecule has 4 heteroatoms. The standard InChI is InChI=1S/C12H17FN2O/c1-3-10(14)8-12(16)15(2)11-6-4-5-9(13)7-11/h4-7,10H,3,8,14H2,1-2H3. The molecule has 0 saturated carbocycles. The van der Waals surface area contributed by atoms with Crippen molar-refractivity contribution in [3.8, 4) is 0 Å². The molecule has 0 radical (unpaired) electrons. The van der Waals surface area contributed by atoms with E-state index in [0.717, 1.165) is 6.42 Å². The van der Waals surface area contributed by atoms with Crippen molar-refractivity contribution in [3.63, 3.8) is 0 Å². The number of hydrogen-bond donors (Lipinski definition) is 1. The summed E-state index contributed by atoms with van der Waals surface area (Å²) in [5.41, 5.74) is 6.25. The van der Waals surface area contributed by atoms with Crippen LogP contribution in [0.1, 0.15) is 19.8 Å². The van der Waals surface area contributed by atoms with Crippen LogP contribution in [0.3, 0.4) is 0 Å². The fourth-order valence-electron chi connectivity index (χ4n) is 1.33. The van der Waals surface area contributed by atoms with E-state index in [4.69, 9.17) is 5.73 Å².